The fraction of sp³-hybridized carbons (Fsp3) is 0.276. The lowest BCUT2D eigenvalue weighted by molar-refractivity contribution is 0.573. The summed E-state index contributed by atoms with van der Waals surface area (Å²) in [7, 11) is 7.14. The van der Waals surface area contributed by atoms with E-state index in [4.69, 9.17) is 12.3 Å². The molecule has 2 radical (unpaired) electrons. The van der Waals surface area contributed by atoms with E-state index in [2.05, 4.69) is 226 Å². The summed E-state index contributed by atoms with van der Waals surface area (Å²) >= 11 is 0. The number of fused-ring (bicyclic) bond motifs is 7. The predicted molar refractivity (Wildman–Crippen MR) is 273 cm³/mol. The zero-order valence-electron chi connectivity index (χ0n) is 39.2. The van der Waals surface area contributed by atoms with Crippen LogP contribution in [0.1, 0.15) is 105 Å². The van der Waals surface area contributed by atoms with Gasteiger partial charge in [0.25, 0.3) is 6.71 Å². The Labute approximate surface area is 376 Å². The number of benzene rings is 7. The van der Waals surface area contributed by atoms with Gasteiger partial charge in [-0.15, -0.1) is 0 Å². The summed E-state index contributed by atoms with van der Waals surface area (Å²) in [6.07, 6.45) is 0. The Morgan fingerprint density at radius 3 is 1.52 bits per heavy atom. The molecule has 0 aliphatic carbocycles. The van der Waals surface area contributed by atoms with Crippen LogP contribution in [0.15, 0.2) is 138 Å². The van der Waals surface area contributed by atoms with Crippen molar-refractivity contribution in [3.63, 3.8) is 0 Å². The molecule has 0 atom stereocenters. The molecular formula is C58H58B2N2O. The highest BCUT2D eigenvalue weighted by atomic mass is 16.3. The van der Waals surface area contributed by atoms with Crippen molar-refractivity contribution in [2.75, 3.05) is 9.80 Å². The van der Waals surface area contributed by atoms with Crippen LogP contribution in [0.2, 0.25) is 0 Å². The Morgan fingerprint density at radius 2 is 0.937 bits per heavy atom. The summed E-state index contributed by atoms with van der Waals surface area (Å²) in [6, 6.07) is 50.0. The molecule has 63 heavy (non-hydrogen) atoms. The zero-order valence-corrected chi connectivity index (χ0v) is 39.2. The molecule has 0 fully saturated rings. The van der Waals surface area contributed by atoms with Gasteiger partial charge in [-0.2, -0.15) is 0 Å². The van der Waals surface area contributed by atoms with E-state index in [1.54, 1.807) is 0 Å². The van der Waals surface area contributed by atoms with Crippen molar-refractivity contribution in [2.24, 2.45) is 0 Å². The Balaban J connectivity index is 1.28. The molecule has 312 valence electrons. The number of nitrogens with zero attached hydrogens (tertiary/aromatic N) is 2. The summed E-state index contributed by atoms with van der Waals surface area (Å²) in [6.45, 7) is 27.5. The van der Waals surface area contributed by atoms with E-state index < -0.39 is 0 Å². The number of rotatable bonds is 3. The quantitative estimate of drug-likeness (QED) is 0.166. The minimum absolute atomic E-state index is 0.0331. The van der Waals surface area contributed by atoms with Gasteiger partial charge < -0.3 is 14.2 Å². The molecule has 1 aromatic heterocycles. The number of para-hydroxylation sites is 3. The molecule has 0 unspecified atom stereocenters. The molecule has 5 heteroatoms. The maximum atomic E-state index is 7.14. The lowest BCUT2D eigenvalue weighted by Gasteiger charge is -2.45. The first-order valence-corrected chi connectivity index (χ1v) is 22.7. The lowest BCUT2D eigenvalue weighted by atomic mass is 9.33. The van der Waals surface area contributed by atoms with Crippen molar-refractivity contribution < 1.29 is 4.42 Å². The highest BCUT2D eigenvalue weighted by Crippen LogP contribution is 2.49. The van der Waals surface area contributed by atoms with E-state index in [1.807, 2.05) is 0 Å². The highest BCUT2D eigenvalue weighted by molar-refractivity contribution is 7.00. The van der Waals surface area contributed by atoms with Gasteiger partial charge in [-0.05, 0) is 97.2 Å². The van der Waals surface area contributed by atoms with Crippen LogP contribution in [0.3, 0.4) is 0 Å². The van der Waals surface area contributed by atoms with E-state index >= 15 is 0 Å². The summed E-state index contributed by atoms with van der Waals surface area (Å²) in [5.41, 5.74) is 20.3. The standard InChI is InChI=1S/C58H58B2N2O/c1-55(2,3)35-23-27-39(28-24-35)61-48-29-25-36(56(4,5)6)31-45(48)60-46-32-37(57(7,8)9)26-30-49(46)62(51-34-38(59)33-50(61)52(51)60)47-22-14-13-17-40(47)41-18-15-19-42-43-20-16-21-44(58(10,11)12)54(43)63-53(41)42/h13-34H,1-12H3. The van der Waals surface area contributed by atoms with Crippen LogP contribution >= 0.6 is 0 Å². The summed E-state index contributed by atoms with van der Waals surface area (Å²) < 4.78 is 7.04. The van der Waals surface area contributed by atoms with Crippen LogP contribution < -0.4 is 31.7 Å². The Morgan fingerprint density at radius 1 is 0.429 bits per heavy atom. The number of furan rings is 1. The van der Waals surface area contributed by atoms with E-state index in [0.717, 1.165) is 67.0 Å². The van der Waals surface area contributed by atoms with Crippen molar-refractivity contribution in [1.82, 2.24) is 0 Å². The molecule has 3 nitrogen and oxygen atoms in total. The van der Waals surface area contributed by atoms with Gasteiger partial charge in [0.05, 0.1) is 5.69 Å². The van der Waals surface area contributed by atoms with Crippen molar-refractivity contribution in [3.8, 4) is 11.1 Å². The van der Waals surface area contributed by atoms with E-state index in [9.17, 15) is 0 Å². The third-order valence-electron chi connectivity index (χ3n) is 13.6. The van der Waals surface area contributed by atoms with Crippen LogP contribution in [0.4, 0.5) is 34.1 Å². The van der Waals surface area contributed by atoms with Crippen LogP contribution in [0.25, 0.3) is 33.1 Å². The Kier molecular flexibility index (Phi) is 9.16. The van der Waals surface area contributed by atoms with E-state index in [1.165, 1.54) is 44.3 Å². The average molecular weight is 821 g/mol. The average Bonchev–Trinajstić information content (AvgIpc) is 3.61. The second-order valence-corrected chi connectivity index (χ2v) is 22.2. The molecule has 0 saturated heterocycles. The topological polar surface area (TPSA) is 19.6 Å². The first-order chi connectivity index (χ1) is 29.7. The van der Waals surface area contributed by atoms with Gasteiger partial charge in [-0.25, -0.2) is 0 Å². The monoisotopic (exact) mass is 820 g/mol. The first-order valence-electron chi connectivity index (χ1n) is 22.7. The summed E-state index contributed by atoms with van der Waals surface area (Å²) in [4.78, 5) is 4.95. The minimum Gasteiger partial charge on any atom is -0.455 e. The van der Waals surface area contributed by atoms with Crippen LogP contribution in [0, 0.1) is 0 Å². The van der Waals surface area contributed by atoms with Gasteiger partial charge in [0.15, 0.2) is 0 Å². The molecule has 10 rings (SSSR count). The molecule has 7 aromatic carbocycles. The molecule has 0 spiro atoms. The third-order valence-corrected chi connectivity index (χ3v) is 13.6. The van der Waals surface area contributed by atoms with Crippen LogP contribution in [-0.4, -0.2) is 14.6 Å². The fourth-order valence-corrected chi connectivity index (χ4v) is 10.1. The second-order valence-electron chi connectivity index (χ2n) is 22.2. The van der Waals surface area contributed by atoms with Gasteiger partial charge in [-0.3, -0.25) is 0 Å². The van der Waals surface area contributed by atoms with Gasteiger partial charge in [0, 0.05) is 55.9 Å². The number of hydrogen-bond acceptors (Lipinski definition) is 3. The largest absolute Gasteiger partial charge is 0.455 e. The van der Waals surface area contributed by atoms with E-state index in [-0.39, 0.29) is 28.4 Å². The van der Waals surface area contributed by atoms with Crippen molar-refractivity contribution >= 4 is 92.5 Å². The van der Waals surface area contributed by atoms with E-state index in [0.29, 0.717) is 0 Å². The Bertz CT molecular complexity index is 3130. The van der Waals surface area contributed by atoms with Gasteiger partial charge >= 0.3 is 0 Å². The maximum absolute atomic E-state index is 7.14. The zero-order chi connectivity index (χ0) is 44.5. The molecule has 2 aliphatic heterocycles. The SMILES string of the molecule is [B]c1cc2c3c(c1)N(c1ccccc1-c1cccc4c1oc1c(C(C)(C)C)cccc14)c1ccc(C(C)(C)C)cc1B3c1cc(C(C)(C)C)ccc1N2c1ccc(C(C)(C)C)cc1. The third kappa shape index (κ3) is 6.64. The van der Waals surface area contributed by atoms with Crippen molar-refractivity contribution in [1.29, 1.82) is 0 Å². The maximum Gasteiger partial charge on any atom is 0.252 e. The minimum atomic E-state index is -0.0769. The van der Waals surface area contributed by atoms with Gasteiger partial charge in [0.1, 0.15) is 19.0 Å². The molecule has 0 saturated carbocycles. The normalized spacial score (nSPS) is 14.0. The summed E-state index contributed by atoms with van der Waals surface area (Å²) in [5, 5.41) is 2.27. The Hall–Kier alpha value is -5.93. The number of anilines is 6. The van der Waals surface area contributed by atoms with Gasteiger partial charge in [0.2, 0.25) is 0 Å². The molecule has 8 aromatic rings. The molecule has 0 amide bonds. The van der Waals surface area contributed by atoms with Crippen molar-refractivity contribution in [2.45, 2.75) is 105 Å². The lowest BCUT2D eigenvalue weighted by Crippen LogP contribution is -2.62. The first kappa shape index (κ1) is 41.1. The van der Waals surface area contributed by atoms with Gasteiger partial charge in [-0.1, -0.05) is 180 Å². The molecule has 0 N–H and O–H groups in total. The smallest absolute Gasteiger partial charge is 0.252 e. The molecule has 3 heterocycles. The van der Waals surface area contributed by atoms with Crippen LogP contribution in [0.5, 0.6) is 0 Å². The van der Waals surface area contributed by atoms with Crippen LogP contribution in [-0.2, 0) is 21.7 Å². The second kappa shape index (κ2) is 14.0. The predicted octanol–water partition coefficient (Wildman–Crippen LogP) is 13.3. The molecular weight excluding hydrogens is 762 g/mol. The van der Waals surface area contributed by atoms with Crippen molar-refractivity contribution in [3.05, 3.63) is 156 Å². The molecule has 2 aliphatic rings. The molecule has 0 bridgehead atoms. The highest BCUT2D eigenvalue weighted by Gasteiger charge is 2.44. The summed E-state index contributed by atoms with van der Waals surface area (Å²) in [5.74, 6) is 0. The number of hydrogen-bond donors (Lipinski definition) is 0. The fourth-order valence-electron chi connectivity index (χ4n) is 10.1.